The smallest absolute Gasteiger partial charge is 0.0470 e. The van der Waals surface area contributed by atoms with Gasteiger partial charge < -0.3 is 0 Å². The van der Waals surface area contributed by atoms with E-state index in [4.69, 9.17) is 0 Å². The van der Waals surface area contributed by atoms with Crippen molar-refractivity contribution in [3.05, 3.63) is 37.5 Å². The first-order chi connectivity index (χ1) is 3.83. The maximum atomic E-state index is 3.36. The Hall–Kier alpha value is -0.780. The van der Waals surface area contributed by atoms with Crippen LogP contribution < -0.4 is 0 Å². The second-order valence-corrected chi connectivity index (χ2v) is 1.14. The van der Waals surface area contributed by atoms with Crippen LogP contribution in [-0.2, 0) is 0 Å². The third-order valence-electron chi connectivity index (χ3n) is 0.500. The zero-order valence-electron chi connectivity index (χ0n) is 5.72. The van der Waals surface area contributed by atoms with Crippen molar-refractivity contribution < 1.29 is 0 Å². The third kappa shape index (κ3) is 641. The minimum Gasteiger partial charge on any atom is -0.0991 e. The van der Waals surface area contributed by atoms with Gasteiger partial charge in [-0.1, -0.05) is 74.6 Å². The van der Waals surface area contributed by atoms with Gasteiger partial charge in [-0.05, 0) is 13.8 Å². The lowest BCUT2D eigenvalue weighted by Crippen LogP contribution is -1.26. The predicted molar refractivity (Wildman–Crippen MR) is 74.5 cm³/mol. The van der Waals surface area contributed by atoms with Crippen molar-refractivity contribution in [2.24, 2.45) is 0 Å². The van der Waals surface area contributed by atoms with Crippen molar-refractivity contribution in [1.82, 2.24) is 0 Å². The van der Waals surface area contributed by atoms with Gasteiger partial charge in [-0.25, -0.2) is 0 Å². The Kier molecular flexibility index (Phi) is 491. The molecule has 0 heteroatoms. The van der Waals surface area contributed by atoms with E-state index in [2.05, 4.69) is 13.2 Å². The number of allylic oxidation sites excluding steroid dienone is 4. The van der Waals surface area contributed by atoms with Crippen LogP contribution in [0.15, 0.2) is 37.5 Å². The van der Waals surface area contributed by atoms with E-state index in [0.717, 1.165) is 0 Å². The van der Waals surface area contributed by atoms with Crippen molar-refractivity contribution in [2.75, 3.05) is 0 Å². The summed E-state index contributed by atoms with van der Waals surface area (Å²) in [6.07, 6.45) is 7.28. The first-order valence-corrected chi connectivity index (χ1v) is 2.64. The van der Waals surface area contributed by atoms with Gasteiger partial charge in [0.25, 0.3) is 0 Å². The molecule has 0 saturated heterocycles. The fraction of sp³-hybridized carbons (Fsp3) is 0.538. The van der Waals surface area contributed by atoms with Gasteiger partial charge in [0.15, 0.2) is 0 Å². The maximum Gasteiger partial charge on any atom is -0.0470 e. The Labute approximate surface area is 89.1 Å². The maximum absolute atomic E-state index is 3.36. The molecular formula is C13H34. The van der Waals surface area contributed by atoms with E-state index in [-0.39, 0.29) is 37.1 Å². The molecular weight excluding hydrogens is 156 g/mol. The summed E-state index contributed by atoms with van der Waals surface area (Å²) in [5.74, 6) is 0. The van der Waals surface area contributed by atoms with Gasteiger partial charge in [0, 0.05) is 0 Å². The van der Waals surface area contributed by atoms with E-state index in [1.807, 2.05) is 26.0 Å². The Bertz CT molecular complexity index is 58.1. The summed E-state index contributed by atoms with van der Waals surface area (Å²) in [7, 11) is 0. The highest BCUT2D eigenvalue weighted by Crippen LogP contribution is 1.57. The van der Waals surface area contributed by atoms with Crippen molar-refractivity contribution >= 4 is 0 Å². The van der Waals surface area contributed by atoms with Crippen molar-refractivity contribution in [1.29, 1.82) is 0 Å². The summed E-state index contributed by atoms with van der Waals surface area (Å²) in [6, 6.07) is 0. The highest BCUT2D eigenvalue weighted by molar-refractivity contribution is 4.88. The fourth-order valence-corrected chi connectivity index (χ4v) is 0. The molecule has 0 unspecified atom stereocenters. The molecule has 0 bridgehead atoms. The third-order valence-corrected chi connectivity index (χ3v) is 0.500. The average molecular weight is 190 g/mol. The molecule has 0 nitrogen and oxygen atoms in total. The normalized spacial score (nSPS) is 4.46. The number of hydrogen-bond donors (Lipinski definition) is 0. The molecule has 0 amide bonds. The Balaban J connectivity index is -0.00000000800. The second kappa shape index (κ2) is 113. The predicted octanol–water partition coefficient (Wildman–Crippen LogP) is 6.12. The second-order valence-electron chi connectivity index (χ2n) is 1.14. The van der Waals surface area contributed by atoms with Crippen LogP contribution in [0.25, 0.3) is 0 Å². The van der Waals surface area contributed by atoms with Gasteiger partial charge in [0.05, 0.1) is 0 Å². The van der Waals surface area contributed by atoms with Gasteiger partial charge in [-0.15, -0.1) is 0 Å². The lowest BCUT2D eigenvalue weighted by Gasteiger charge is -1.49. The molecule has 0 aliphatic heterocycles. The molecule has 0 aliphatic carbocycles. The van der Waals surface area contributed by atoms with Crippen LogP contribution in [0, 0.1) is 0 Å². The molecule has 0 aromatic carbocycles. The summed E-state index contributed by atoms with van der Waals surface area (Å²) >= 11 is 0. The van der Waals surface area contributed by atoms with E-state index in [1.165, 1.54) is 0 Å². The zero-order chi connectivity index (χ0) is 6.83. The molecule has 0 aliphatic rings. The summed E-state index contributed by atoms with van der Waals surface area (Å²) in [6.45, 7) is 10.7. The molecule has 0 aromatic heterocycles. The van der Waals surface area contributed by atoms with Crippen molar-refractivity contribution in [2.45, 2.75) is 51.0 Å². The van der Waals surface area contributed by atoms with Gasteiger partial charge >= 0.3 is 0 Å². The molecule has 0 N–H and O–H groups in total. The first kappa shape index (κ1) is 56.5. The molecule has 0 rings (SSSR count). The monoisotopic (exact) mass is 190 g/mol. The molecule has 0 saturated carbocycles. The van der Waals surface area contributed by atoms with E-state index in [9.17, 15) is 0 Å². The minimum atomic E-state index is 0. The standard InChI is InChI=1S/C4H8.C4H6.5CH4/c2*1-3-4-2;;;;;/h3-4H,1-2H3;3-4H,1-2H2;5*1H4. The fourth-order valence-electron chi connectivity index (χ4n) is 0. The van der Waals surface area contributed by atoms with Crippen LogP contribution in [0.5, 0.6) is 0 Å². The molecule has 0 heterocycles. The summed E-state index contributed by atoms with van der Waals surface area (Å²) in [5, 5.41) is 0. The average Bonchev–Trinajstić information content (AvgIpc) is 1.88. The molecule has 0 spiro atoms. The molecule has 0 aromatic rings. The summed E-state index contributed by atoms with van der Waals surface area (Å²) in [5.41, 5.74) is 0. The molecule has 0 fully saturated rings. The van der Waals surface area contributed by atoms with Crippen molar-refractivity contribution in [3.8, 4) is 0 Å². The number of rotatable bonds is 1. The van der Waals surface area contributed by atoms with Crippen LogP contribution >= 0.6 is 0 Å². The van der Waals surface area contributed by atoms with E-state index >= 15 is 0 Å². The lowest BCUT2D eigenvalue weighted by molar-refractivity contribution is 1.64. The van der Waals surface area contributed by atoms with E-state index < -0.39 is 0 Å². The molecule has 86 valence electrons. The zero-order valence-corrected chi connectivity index (χ0v) is 5.72. The van der Waals surface area contributed by atoms with Gasteiger partial charge in [-0.2, -0.15) is 0 Å². The summed E-state index contributed by atoms with van der Waals surface area (Å²) < 4.78 is 0. The van der Waals surface area contributed by atoms with Gasteiger partial charge in [-0.3, -0.25) is 0 Å². The van der Waals surface area contributed by atoms with Crippen LogP contribution in [0.3, 0.4) is 0 Å². The topological polar surface area (TPSA) is 0 Å². The first-order valence-electron chi connectivity index (χ1n) is 2.64. The highest BCUT2D eigenvalue weighted by Gasteiger charge is 1.34. The minimum absolute atomic E-state index is 0. The SMILES string of the molecule is C.C.C.C.C.C=CC=C.CC=CC. The molecule has 0 radical (unpaired) electrons. The Morgan fingerprint density at radius 2 is 0.769 bits per heavy atom. The molecule has 13 heavy (non-hydrogen) atoms. The van der Waals surface area contributed by atoms with E-state index in [0.29, 0.717) is 0 Å². The van der Waals surface area contributed by atoms with Crippen molar-refractivity contribution in [3.63, 3.8) is 0 Å². The van der Waals surface area contributed by atoms with Gasteiger partial charge in [0.1, 0.15) is 0 Å². The van der Waals surface area contributed by atoms with E-state index in [1.54, 1.807) is 12.2 Å². The van der Waals surface area contributed by atoms with Gasteiger partial charge in [0.2, 0.25) is 0 Å². The lowest BCUT2D eigenvalue weighted by atomic mass is 10.6. The Morgan fingerprint density at radius 3 is 0.769 bits per heavy atom. The number of hydrogen-bond acceptors (Lipinski definition) is 0. The van der Waals surface area contributed by atoms with Crippen LogP contribution in [0.4, 0.5) is 0 Å². The summed E-state index contributed by atoms with van der Waals surface area (Å²) in [4.78, 5) is 0. The largest absolute Gasteiger partial charge is 0.0991 e. The Morgan fingerprint density at radius 1 is 0.615 bits per heavy atom. The van der Waals surface area contributed by atoms with Crippen LogP contribution in [-0.4, -0.2) is 0 Å². The van der Waals surface area contributed by atoms with Crippen LogP contribution in [0.1, 0.15) is 51.0 Å². The van der Waals surface area contributed by atoms with Crippen LogP contribution in [0.2, 0.25) is 0 Å². The quantitative estimate of drug-likeness (QED) is 0.345. The molecule has 0 atom stereocenters. The highest BCUT2D eigenvalue weighted by atomic mass is 13.4.